The summed E-state index contributed by atoms with van der Waals surface area (Å²) in [6.07, 6.45) is 0. The fraction of sp³-hybridized carbons (Fsp3) is 1.00. The second kappa shape index (κ2) is 8.13. The van der Waals surface area contributed by atoms with Crippen molar-refractivity contribution in [3.63, 3.8) is 0 Å². The van der Waals surface area contributed by atoms with E-state index in [1.165, 1.54) is 7.11 Å². The number of ether oxygens (including phenoxy) is 1. The first-order valence-corrected chi connectivity index (χ1v) is 2.69. The molecule has 0 unspecified atom stereocenters. The molecule has 0 N–H and O–H groups in total. The van der Waals surface area contributed by atoms with Gasteiger partial charge in [-0.15, -0.1) is 0 Å². The fourth-order valence-electron chi connectivity index (χ4n) is 0.267. The third kappa shape index (κ3) is 8.13. The normalized spacial score (nSPS) is 10.0. The average molecular weight is 157 g/mol. The zero-order valence-corrected chi connectivity index (χ0v) is 5.89. The summed E-state index contributed by atoms with van der Waals surface area (Å²) in [5.74, 6) is 0. The van der Waals surface area contributed by atoms with Crippen LogP contribution >= 0.6 is 11.9 Å². The van der Waals surface area contributed by atoms with Crippen molar-refractivity contribution in [2.45, 2.75) is 0 Å². The van der Waals surface area contributed by atoms with Gasteiger partial charge in [0.25, 0.3) is 0 Å². The summed E-state index contributed by atoms with van der Waals surface area (Å²) in [6, 6.07) is 0. The molecule has 0 aromatic carbocycles. The van der Waals surface area contributed by atoms with E-state index in [9.17, 15) is 0 Å². The maximum absolute atomic E-state index is 4.82. The van der Waals surface area contributed by atoms with E-state index in [1.54, 1.807) is 0 Å². The molecule has 0 amide bonds. The van der Waals surface area contributed by atoms with E-state index in [2.05, 4.69) is 14.1 Å². The van der Waals surface area contributed by atoms with Gasteiger partial charge in [-0.3, -0.25) is 4.29 Å². The average Bonchev–Trinajstić information content (AvgIpc) is 1.89. The first kappa shape index (κ1) is 9.13. The topological polar surface area (TPSA) is 36.9 Å². The zero-order valence-electron chi connectivity index (χ0n) is 5.13. The molecule has 0 aliphatic carbocycles. The highest BCUT2D eigenvalue weighted by atomic mass is 35.5. The summed E-state index contributed by atoms with van der Waals surface area (Å²) >= 11 is 4.82. The van der Waals surface area contributed by atoms with E-state index < -0.39 is 0 Å². The van der Waals surface area contributed by atoms with Gasteiger partial charge in [-0.1, -0.05) is 0 Å². The molecule has 0 aromatic heterocycles. The van der Waals surface area contributed by atoms with Gasteiger partial charge in [0, 0.05) is 0 Å². The number of rotatable bonds is 6. The van der Waals surface area contributed by atoms with Crippen molar-refractivity contribution in [2.75, 3.05) is 27.1 Å². The van der Waals surface area contributed by atoms with Crippen molar-refractivity contribution < 1.29 is 18.8 Å². The molecule has 0 fully saturated rings. The molecule has 5 heteroatoms. The highest BCUT2D eigenvalue weighted by Crippen LogP contribution is 1.81. The second-order valence-corrected chi connectivity index (χ2v) is 1.34. The Morgan fingerprint density at radius 3 is 2.67 bits per heavy atom. The third-order valence-electron chi connectivity index (χ3n) is 0.557. The van der Waals surface area contributed by atoms with E-state index in [0.717, 1.165) is 0 Å². The van der Waals surface area contributed by atoms with Crippen LogP contribution in [0.2, 0.25) is 0 Å². The smallest absolute Gasteiger partial charge is 0.167 e. The highest BCUT2D eigenvalue weighted by molar-refractivity contribution is 6.07. The van der Waals surface area contributed by atoms with Gasteiger partial charge in [-0.25, -0.2) is 9.78 Å². The molecule has 0 atom stereocenters. The minimum Gasteiger partial charge on any atom is -0.351 e. The predicted molar refractivity (Wildman–Crippen MR) is 30.7 cm³/mol. The number of halogens is 1. The Morgan fingerprint density at radius 2 is 2.11 bits per heavy atom. The fourth-order valence-corrected chi connectivity index (χ4v) is 0.330. The van der Waals surface area contributed by atoms with Gasteiger partial charge in [0.1, 0.15) is 6.61 Å². The van der Waals surface area contributed by atoms with Crippen LogP contribution in [0.4, 0.5) is 0 Å². The minimum absolute atomic E-state index is 0.0641. The standard InChI is InChI=1S/C4H9ClO4/c1-6-9-3-2-7-4-8-5/h2-4H2,1H3. The lowest BCUT2D eigenvalue weighted by Crippen LogP contribution is -2.04. The maximum Gasteiger partial charge on any atom is 0.167 e. The SMILES string of the molecule is COOCCOCOCl. The van der Waals surface area contributed by atoms with Crippen molar-refractivity contribution in [1.29, 1.82) is 0 Å². The van der Waals surface area contributed by atoms with E-state index >= 15 is 0 Å². The van der Waals surface area contributed by atoms with Gasteiger partial charge in [0.2, 0.25) is 0 Å². The van der Waals surface area contributed by atoms with E-state index in [1.807, 2.05) is 0 Å². The van der Waals surface area contributed by atoms with Crippen molar-refractivity contribution in [1.82, 2.24) is 0 Å². The molecule has 9 heavy (non-hydrogen) atoms. The molecular weight excluding hydrogens is 147 g/mol. The summed E-state index contributed by atoms with van der Waals surface area (Å²) in [5, 5.41) is 0. The van der Waals surface area contributed by atoms with Crippen LogP contribution in [0.5, 0.6) is 0 Å². The Bertz CT molecular complexity index is 45.8. The Hall–Kier alpha value is 0.130. The lowest BCUT2D eigenvalue weighted by Gasteiger charge is -1.99. The highest BCUT2D eigenvalue weighted by Gasteiger charge is 1.85. The van der Waals surface area contributed by atoms with Crippen LogP contribution < -0.4 is 0 Å². The van der Waals surface area contributed by atoms with Gasteiger partial charge in [0.05, 0.1) is 25.6 Å². The number of hydrogen-bond donors (Lipinski definition) is 0. The Labute approximate surface area is 58.7 Å². The van der Waals surface area contributed by atoms with E-state index in [4.69, 9.17) is 16.6 Å². The summed E-state index contributed by atoms with van der Waals surface area (Å²) < 4.78 is 8.80. The molecule has 0 bridgehead atoms. The first-order chi connectivity index (χ1) is 4.41. The Morgan fingerprint density at radius 1 is 1.33 bits per heavy atom. The monoisotopic (exact) mass is 156 g/mol. The molecule has 0 aromatic rings. The molecule has 0 radical (unpaired) electrons. The molecule has 0 aliphatic rings. The largest absolute Gasteiger partial charge is 0.351 e. The van der Waals surface area contributed by atoms with E-state index in [-0.39, 0.29) is 6.79 Å². The molecule has 0 heterocycles. The molecule has 0 saturated heterocycles. The summed E-state index contributed by atoms with van der Waals surface area (Å²) in [7, 11) is 1.43. The van der Waals surface area contributed by atoms with Crippen molar-refractivity contribution in [3.8, 4) is 0 Å². The van der Waals surface area contributed by atoms with Gasteiger partial charge in [-0.2, -0.15) is 0 Å². The van der Waals surface area contributed by atoms with Crippen molar-refractivity contribution in [2.24, 2.45) is 0 Å². The van der Waals surface area contributed by atoms with Crippen molar-refractivity contribution >= 4 is 11.9 Å². The quantitative estimate of drug-likeness (QED) is 0.246. The lowest BCUT2D eigenvalue weighted by molar-refractivity contribution is -0.279. The van der Waals surface area contributed by atoms with Gasteiger partial charge < -0.3 is 4.74 Å². The molecule has 0 rings (SSSR count). The summed E-state index contributed by atoms with van der Waals surface area (Å²) in [4.78, 5) is 8.72. The summed E-state index contributed by atoms with van der Waals surface area (Å²) in [6.45, 7) is 0.839. The molecule has 4 nitrogen and oxygen atoms in total. The van der Waals surface area contributed by atoms with Crippen LogP contribution in [-0.2, 0) is 18.8 Å². The van der Waals surface area contributed by atoms with Crippen LogP contribution in [0.1, 0.15) is 0 Å². The van der Waals surface area contributed by atoms with Crippen molar-refractivity contribution in [3.05, 3.63) is 0 Å². The Kier molecular flexibility index (Phi) is 8.25. The van der Waals surface area contributed by atoms with Gasteiger partial charge in [0.15, 0.2) is 6.79 Å². The molecule has 0 aliphatic heterocycles. The first-order valence-electron chi connectivity index (χ1n) is 2.38. The summed E-state index contributed by atoms with van der Waals surface area (Å²) in [5.41, 5.74) is 0. The van der Waals surface area contributed by atoms with Crippen LogP contribution in [-0.4, -0.2) is 27.1 Å². The third-order valence-corrected chi connectivity index (χ3v) is 0.646. The van der Waals surface area contributed by atoms with E-state index in [0.29, 0.717) is 13.2 Å². The molecule has 0 saturated carbocycles. The van der Waals surface area contributed by atoms with Crippen LogP contribution in [0, 0.1) is 0 Å². The van der Waals surface area contributed by atoms with Crippen LogP contribution in [0.15, 0.2) is 0 Å². The molecule has 0 spiro atoms. The van der Waals surface area contributed by atoms with Crippen LogP contribution in [0.3, 0.4) is 0 Å². The van der Waals surface area contributed by atoms with Gasteiger partial charge >= 0.3 is 0 Å². The predicted octanol–water partition coefficient (Wildman–Crippen LogP) is 0.709. The minimum atomic E-state index is 0.0641. The Balaban J connectivity index is 2.60. The van der Waals surface area contributed by atoms with Gasteiger partial charge in [-0.05, 0) is 0 Å². The van der Waals surface area contributed by atoms with Crippen LogP contribution in [0.25, 0.3) is 0 Å². The zero-order chi connectivity index (χ0) is 6.95. The lowest BCUT2D eigenvalue weighted by atomic mass is 10.8. The number of hydrogen-bond acceptors (Lipinski definition) is 4. The second-order valence-electron chi connectivity index (χ2n) is 1.12. The molecule has 56 valence electrons. The maximum atomic E-state index is 4.82. The molecular formula is C4H9ClO4.